The maximum atomic E-state index is 12.3. The van der Waals surface area contributed by atoms with E-state index in [9.17, 15) is 4.79 Å². The Balaban J connectivity index is 2.06. The summed E-state index contributed by atoms with van der Waals surface area (Å²) in [6, 6.07) is 8.43. The highest BCUT2D eigenvalue weighted by Crippen LogP contribution is 2.37. The molecule has 0 bridgehead atoms. The molecule has 0 fully saturated rings. The van der Waals surface area contributed by atoms with Gasteiger partial charge >= 0.3 is 6.03 Å². The third-order valence-electron chi connectivity index (χ3n) is 4.07. The zero-order valence-electron chi connectivity index (χ0n) is 12.6. The van der Waals surface area contributed by atoms with Crippen LogP contribution in [0.2, 0.25) is 0 Å². The van der Waals surface area contributed by atoms with E-state index < -0.39 is 0 Å². The van der Waals surface area contributed by atoms with Crippen LogP contribution in [0.3, 0.4) is 0 Å². The van der Waals surface area contributed by atoms with Gasteiger partial charge in [-0.15, -0.1) is 11.3 Å². The van der Waals surface area contributed by atoms with Crippen molar-refractivity contribution < 1.29 is 4.79 Å². The van der Waals surface area contributed by atoms with Crippen LogP contribution in [0, 0.1) is 6.92 Å². The van der Waals surface area contributed by atoms with E-state index in [2.05, 4.69) is 49.5 Å². The Morgan fingerprint density at radius 3 is 2.71 bits per heavy atom. The van der Waals surface area contributed by atoms with Crippen LogP contribution < -0.4 is 5.32 Å². The molecule has 1 unspecified atom stereocenters. The lowest BCUT2D eigenvalue weighted by Gasteiger charge is -2.32. The predicted molar refractivity (Wildman–Crippen MR) is 88.6 cm³/mol. The minimum Gasteiger partial charge on any atom is -0.326 e. The van der Waals surface area contributed by atoms with Crippen molar-refractivity contribution in [2.75, 3.05) is 6.54 Å². The van der Waals surface area contributed by atoms with Gasteiger partial charge in [0.15, 0.2) is 0 Å². The normalized spacial score (nSPS) is 18.8. The van der Waals surface area contributed by atoms with Crippen molar-refractivity contribution in [1.82, 2.24) is 10.2 Å². The molecule has 1 aliphatic heterocycles. The number of rotatable bonds is 3. The zero-order chi connectivity index (χ0) is 15.0. The topological polar surface area (TPSA) is 32.3 Å². The molecule has 1 aliphatic rings. The minimum absolute atomic E-state index is 0.00681. The fourth-order valence-corrected chi connectivity index (χ4v) is 4.18. The van der Waals surface area contributed by atoms with Gasteiger partial charge in [-0.1, -0.05) is 25.1 Å². The standard InChI is InChI=1S/C17H20N2OS/c1-4-12-10-14(18-17(20)19(12)5-2)16-11(3)13-8-6-7-9-15(13)21-16/h6-10,14H,4-5H2,1-3H3,(H,18,20). The highest BCUT2D eigenvalue weighted by atomic mass is 32.1. The van der Waals surface area contributed by atoms with E-state index >= 15 is 0 Å². The van der Waals surface area contributed by atoms with Crippen LogP contribution in [0.5, 0.6) is 0 Å². The average Bonchev–Trinajstić information content (AvgIpc) is 2.84. The summed E-state index contributed by atoms with van der Waals surface area (Å²) in [5.74, 6) is 0. The van der Waals surface area contributed by atoms with Gasteiger partial charge in [-0.05, 0) is 43.4 Å². The van der Waals surface area contributed by atoms with Gasteiger partial charge < -0.3 is 5.32 Å². The molecule has 2 heterocycles. The molecule has 21 heavy (non-hydrogen) atoms. The van der Waals surface area contributed by atoms with Crippen LogP contribution in [0.25, 0.3) is 10.1 Å². The number of carbonyl (C=O) groups is 1. The molecule has 0 aliphatic carbocycles. The molecule has 2 amide bonds. The number of aryl methyl sites for hydroxylation is 1. The molecule has 0 saturated carbocycles. The maximum Gasteiger partial charge on any atom is 0.322 e. The van der Waals surface area contributed by atoms with E-state index in [0.29, 0.717) is 6.54 Å². The van der Waals surface area contributed by atoms with Gasteiger partial charge in [-0.2, -0.15) is 0 Å². The van der Waals surface area contributed by atoms with Gasteiger partial charge in [0.2, 0.25) is 0 Å². The number of thiophene rings is 1. The van der Waals surface area contributed by atoms with E-state index in [4.69, 9.17) is 0 Å². The van der Waals surface area contributed by atoms with Crippen LogP contribution in [-0.2, 0) is 0 Å². The summed E-state index contributed by atoms with van der Waals surface area (Å²) in [4.78, 5) is 15.3. The Morgan fingerprint density at radius 2 is 2.05 bits per heavy atom. The zero-order valence-corrected chi connectivity index (χ0v) is 13.5. The van der Waals surface area contributed by atoms with Gasteiger partial charge in [-0.25, -0.2) is 4.79 Å². The Morgan fingerprint density at radius 1 is 1.29 bits per heavy atom. The van der Waals surface area contributed by atoms with Crippen molar-refractivity contribution in [3.05, 3.63) is 46.5 Å². The van der Waals surface area contributed by atoms with Crippen molar-refractivity contribution in [1.29, 1.82) is 0 Å². The van der Waals surface area contributed by atoms with Crippen molar-refractivity contribution in [2.24, 2.45) is 0 Å². The number of amides is 2. The number of allylic oxidation sites excluding steroid dienone is 1. The van der Waals surface area contributed by atoms with Crippen LogP contribution in [-0.4, -0.2) is 17.5 Å². The number of nitrogens with zero attached hydrogens (tertiary/aromatic N) is 1. The molecule has 3 nitrogen and oxygen atoms in total. The van der Waals surface area contributed by atoms with Crippen molar-refractivity contribution >= 4 is 27.5 Å². The summed E-state index contributed by atoms with van der Waals surface area (Å²) in [6.07, 6.45) is 3.07. The number of hydrogen-bond acceptors (Lipinski definition) is 2. The molecule has 4 heteroatoms. The van der Waals surface area contributed by atoms with E-state index in [0.717, 1.165) is 12.1 Å². The molecule has 1 N–H and O–H groups in total. The first-order valence-electron chi connectivity index (χ1n) is 7.42. The number of fused-ring (bicyclic) bond motifs is 1. The van der Waals surface area contributed by atoms with Crippen LogP contribution >= 0.6 is 11.3 Å². The number of urea groups is 1. The average molecular weight is 300 g/mol. The lowest BCUT2D eigenvalue weighted by atomic mass is 10.0. The fraction of sp³-hybridized carbons (Fsp3) is 0.353. The van der Waals surface area contributed by atoms with E-state index in [1.54, 1.807) is 11.3 Å². The summed E-state index contributed by atoms with van der Waals surface area (Å²) in [7, 11) is 0. The highest BCUT2D eigenvalue weighted by Gasteiger charge is 2.27. The predicted octanol–water partition coefficient (Wildman–Crippen LogP) is 4.59. The molecule has 110 valence electrons. The lowest BCUT2D eigenvalue weighted by molar-refractivity contribution is 0.205. The van der Waals surface area contributed by atoms with Gasteiger partial charge in [0, 0.05) is 21.8 Å². The summed E-state index contributed by atoms with van der Waals surface area (Å²) in [5, 5.41) is 4.41. The SMILES string of the molecule is CCC1=CC(c2sc3ccccc3c2C)NC(=O)N1CC. The van der Waals surface area contributed by atoms with Crippen LogP contribution in [0.1, 0.15) is 36.8 Å². The second-order valence-corrected chi connectivity index (χ2v) is 6.35. The Kier molecular flexibility index (Phi) is 3.72. The fourth-order valence-electron chi connectivity index (χ4n) is 2.95. The lowest BCUT2D eigenvalue weighted by Crippen LogP contribution is -2.44. The Hall–Kier alpha value is -1.81. The van der Waals surface area contributed by atoms with E-state index in [-0.39, 0.29) is 12.1 Å². The maximum absolute atomic E-state index is 12.3. The molecular formula is C17H20N2OS. The number of benzene rings is 1. The summed E-state index contributed by atoms with van der Waals surface area (Å²) < 4.78 is 1.28. The monoisotopic (exact) mass is 300 g/mol. The first kappa shape index (κ1) is 14.1. The summed E-state index contributed by atoms with van der Waals surface area (Å²) >= 11 is 1.78. The molecule has 3 rings (SSSR count). The van der Waals surface area contributed by atoms with Gasteiger partial charge in [0.25, 0.3) is 0 Å². The Labute approximate surface area is 129 Å². The number of nitrogens with one attached hydrogen (secondary N) is 1. The molecule has 0 radical (unpaired) electrons. The van der Waals surface area contributed by atoms with Crippen LogP contribution in [0.4, 0.5) is 4.79 Å². The Bertz CT molecular complexity index is 717. The number of hydrogen-bond donors (Lipinski definition) is 1. The number of carbonyl (C=O) groups excluding carboxylic acids is 1. The molecule has 1 aromatic heterocycles. The first-order chi connectivity index (χ1) is 10.2. The second-order valence-electron chi connectivity index (χ2n) is 5.27. The second kappa shape index (κ2) is 5.53. The molecule has 1 aromatic carbocycles. The van der Waals surface area contributed by atoms with Gasteiger partial charge in [0.05, 0.1) is 6.04 Å². The summed E-state index contributed by atoms with van der Waals surface area (Å²) in [5.41, 5.74) is 2.39. The van der Waals surface area contributed by atoms with Crippen molar-refractivity contribution in [3.8, 4) is 0 Å². The van der Waals surface area contributed by atoms with E-state index in [1.807, 2.05) is 11.8 Å². The molecule has 0 saturated heterocycles. The van der Waals surface area contributed by atoms with Gasteiger partial charge in [-0.3, -0.25) is 4.90 Å². The quantitative estimate of drug-likeness (QED) is 0.883. The summed E-state index contributed by atoms with van der Waals surface area (Å²) in [6.45, 7) is 6.96. The molecule has 2 aromatic rings. The molecule has 1 atom stereocenters. The first-order valence-corrected chi connectivity index (χ1v) is 8.24. The van der Waals surface area contributed by atoms with Crippen LogP contribution in [0.15, 0.2) is 36.0 Å². The van der Waals surface area contributed by atoms with Crippen molar-refractivity contribution in [2.45, 2.75) is 33.2 Å². The largest absolute Gasteiger partial charge is 0.326 e. The van der Waals surface area contributed by atoms with E-state index in [1.165, 1.54) is 20.5 Å². The third-order valence-corrected chi connectivity index (χ3v) is 5.43. The molecular weight excluding hydrogens is 280 g/mol. The third kappa shape index (κ3) is 2.33. The molecule has 0 spiro atoms. The van der Waals surface area contributed by atoms with Gasteiger partial charge in [0.1, 0.15) is 0 Å². The minimum atomic E-state index is -0.00681. The smallest absolute Gasteiger partial charge is 0.322 e. The van der Waals surface area contributed by atoms with Crippen molar-refractivity contribution in [3.63, 3.8) is 0 Å². The highest BCUT2D eigenvalue weighted by molar-refractivity contribution is 7.19.